The van der Waals surface area contributed by atoms with Crippen LogP contribution in [0.5, 0.6) is 0 Å². The Morgan fingerprint density at radius 3 is 2.07 bits per heavy atom. The van der Waals surface area contributed by atoms with Gasteiger partial charge in [-0.05, 0) is 41.7 Å². The first-order chi connectivity index (χ1) is 14.3. The highest BCUT2D eigenvalue weighted by molar-refractivity contribution is 5.79. The molecular formula is C25H24N2O2. The SMILES string of the molecule is O=C(NCc1ccc(N2CCCC2)cc1)OC1c2ccccc2-c2ccccc21. The number of amides is 1. The summed E-state index contributed by atoms with van der Waals surface area (Å²) in [7, 11) is 0. The van der Waals surface area contributed by atoms with Crippen LogP contribution in [0.25, 0.3) is 11.1 Å². The van der Waals surface area contributed by atoms with Crippen molar-refractivity contribution in [1.82, 2.24) is 5.32 Å². The molecule has 2 aliphatic rings. The first kappa shape index (κ1) is 17.8. The Bertz CT molecular complexity index is 978. The minimum Gasteiger partial charge on any atom is -0.436 e. The minimum atomic E-state index is -0.398. The molecule has 1 N–H and O–H groups in total. The number of nitrogens with zero attached hydrogens (tertiary/aromatic N) is 1. The summed E-state index contributed by atoms with van der Waals surface area (Å²) in [5.74, 6) is 0. The molecule has 1 heterocycles. The van der Waals surface area contributed by atoms with Crippen LogP contribution in [0.4, 0.5) is 10.5 Å². The summed E-state index contributed by atoms with van der Waals surface area (Å²) >= 11 is 0. The molecule has 4 heteroatoms. The minimum absolute atomic E-state index is 0.361. The molecule has 0 atom stereocenters. The number of rotatable bonds is 4. The maximum atomic E-state index is 12.5. The lowest BCUT2D eigenvalue weighted by Crippen LogP contribution is -2.25. The van der Waals surface area contributed by atoms with Gasteiger partial charge in [0.2, 0.25) is 0 Å². The Kier molecular flexibility index (Phi) is 4.68. The van der Waals surface area contributed by atoms with Gasteiger partial charge in [0.15, 0.2) is 6.10 Å². The maximum absolute atomic E-state index is 12.5. The van der Waals surface area contributed by atoms with Crippen molar-refractivity contribution in [3.05, 3.63) is 89.5 Å². The molecule has 1 fully saturated rings. The van der Waals surface area contributed by atoms with Gasteiger partial charge >= 0.3 is 6.09 Å². The summed E-state index contributed by atoms with van der Waals surface area (Å²) in [4.78, 5) is 14.9. The van der Waals surface area contributed by atoms with Crippen molar-refractivity contribution in [3.8, 4) is 11.1 Å². The number of carbonyl (C=O) groups excluding carboxylic acids is 1. The summed E-state index contributed by atoms with van der Waals surface area (Å²) < 4.78 is 5.83. The fraction of sp³-hybridized carbons (Fsp3) is 0.240. The van der Waals surface area contributed by atoms with Crippen LogP contribution in [-0.4, -0.2) is 19.2 Å². The third kappa shape index (κ3) is 3.46. The van der Waals surface area contributed by atoms with Gasteiger partial charge in [0.1, 0.15) is 0 Å². The lowest BCUT2D eigenvalue weighted by molar-refractivity contribution is 0.118. The first-order valence-corrected chi connectivity index (χ1v) is 10.3. The van der Waals surface area contributed by atoms with E-state index in [0.717, 1.165) is 40.9 Å². The molecule has 1 aliphatic heterocycles. The number of anilines is 1. The topological polar surface area (TPSA) is 41.6 Å². The van der Waals surface area contributed by atoms with Crippen molar-refractivity contribution in [3.63, 3.8) is 0 Å². The van der Waals surface area contributed by atoms with Gasteiger partial charge in [-0.3, -0.25) is 0 Å². The summed E-state index contributed by atoms with van der Waals surface area (Å²) in [6, 6.07) is 24.7. The largest absolute Gasteiger partial charge is 0.436 e. The predicted octanol–water partition coefficient (Wildman–Crippen LogP) is 5.28. The van der Waals surface area contributed by atoms with Gasteiger partial charge < -0.3 is 15.0 Å². The molecule has 4 nitrogen and oxygen atoms in total. The van der Waals surface area contributed by atoms with Crippen LogP contribution < -0.4 is 10.2 Å². The lowest BCUT2D eigenvalue weighted by atomic mass is 10.1. The fourth-order valence-corrected chi connectivity index (χ4v) is 4.36. The number of fused-ring (bicyclic) bond motifs is 3. The third-order valence-corrected chi connectivity index (χ3v) is 5.85. The van der Waals surface area contributed by atoms with E-state index < -0.39 is 6.09 Å². The second kappa shape index (κ2) is 7.63. The molecule has 0 radical (unpaired) electrons. The van der Waals surface area contributed by atoms with Gasteiger partial charge in [0.05, 0.1) is 0 Å². The fourth-order valence-electron chi connectivity index (χ4n) is 4.36. The number of alkyl carbamates (subject to hydrolysis) is 1. The molecule has 5 rings (SSSR count). The van der Waals surface area contributed by atoms with Crippen molar-refractivity contribution in [2.24, 2.45) is 0 Å². The number of ether oxygens (including phenoxy) is 1. The van der Waals surface area contributed by atoms with Crippen LogP contribution in [0.1, 0.15) is 35.6 Å². The molecule has 1 saturated heterocycles. The first-order valence-electron chi connectivity index (χ1n) is 10.3. The van der Waals surface area contributed by atoms with Gasteiger partial charge in [0, 0.05) is 36.4 Å². The Morgan fingerprint density at radius 2 is 1.45 bits per heavy atom. The van der Waals surface area contributed by atoms with E-state index in [4.69, 9.17) is 4.74 Å². The number of benzene rings is 3. The van der Waals surface area contributed by atoms with Gasteiger partial charge in [-0.15, -0.1) is 0 Å². The third-order valence-electron chi connectivity index (χ3n) is 5.85. The average Bonchev–Trinajstić information content (AvgIpc) is 3.41. The van der Waals surface area contributed by atoms with Crippen molar-refractivity contribution in [2.75, 3.05) is 18.0 Å². The predicted molar refractivity (Wildman–Crippen MR) is 115 cm³/mol. The van der Waals surface area contributed by atoms with E-state index in [1.165, 1.54) is 18.5 Å². The molecule has 0 aromatic heterocycles. The molecule has 1 amide bonds. The van der Waals surface area contributed by atoms with Crippen LogP contribution in [-0.2, 0) is 11.3 Å². The zero-order chi connectivity index (χ0) is 19.6. The summed E-state index contributed by atoms with van der Waals surface area (Å²) in [5, 5.41) is 2.90. The van der Waals surface area contributed by atoms with E-state index in [2.05, 4.69) is 46.6 Å². The van der Waals surface area contributed by atoms with E-state index in [0.29, 0.717) is 6.54 Å². The average molecular weight is 384 g/mol. The van der Waals surface area contributed by atoms with E-state index >= 15 is 0 Å². The van der Waals surface area contributed by atoms with Gasteiger partial charge in [-0.1, -0.05) is 60.7 Å². The van der Waals surface area contributed by atoms with E-state index in [-0.39, 0.29) is 6.10 Å². The Hall–Kier alpha value is -3.27. The highest BCUT2D eigenvalue weighted by Gasteiger charge is 2.30. The quantitative estimate of drug-likeness (QED) is 0.665. The molecule has 3 aromatic carbocycles. The summed E-state index contributed by atoms with van der Waals surface area (Å²) in [6.07, 6.45) is 1.77. The highest BCUT2D eigenvalue weighted by Crippen LogP contribution is 2.44. The van der Waals surface area contributed by atoms with Gasteiger partial charge in [0.25, 0.3) is 0 Å². The molecule has 0 bridgehead atoms. The van der Waals surface area contributed by atoms with Gasteiger partial charge in [-0.2, -0.15) is 0 Å². The monoisotopic (exact) mass is 384 g/mol. The standard InChI is InChI=1S/C25H24N2O2/c28-25(26-17-18-11-13-19(14-12-18)27-15-5-6-16-27)29-24-22-9-3-1-7-20(22)21-8-2-4-10-23(21)24/h1-4,7-14,24H,5-6,15-17H2,(H,26,28). The van der Waals surface area contributed by atoms with Crippen molar-refractivity contribution in [2.45, 2.75) is 25.5 Å². The summed E-state index contributed by atoms with van der Waals surface area (Å²) in [5.41, 5.74) is 6.68. The lowest BCUT2D eigenvalue weighted by Gasteiger charge is -2.18. The van der Waals surface area contributed by atoms with E-state index in [1.54, 1.807) is 0 Å². The molecule has 1 aliphatic carbocycles. The second-order valence-electron chi connectivity index (χ2n) is 7.67. The maximum Gasteiger partial charge on any atom is 0.408 e. The van der Waals surface area contributed by atoms with Crippen LogP contribution in [0.3, 0.4) is 0 Å². The molecule has 0 unspecified atom stereocenters. The molecular weight excluding hydrogens is 360 g/mol. The van der Waals surface area contributed by atoms with E-state index in [1.807, 2.05) is 36.4 Å². The molecule has 29 heavy (non-hydrogen) atoms. The number of hydrogen-bond donors (Lipinski definition) is 1. The summed E-state index contributed by atoms with van der Waals surface area (Å²) in [6.45, 7) is 2.72. The van der Waals surface area contributed by atoms with Gasteiger partial charge in [-0.25, -0.2) is 4.79 Å². The Labute approximate surface area is 171 Å². The number of hydrogen-bond acceptors (Lipinski definition) is 3. The zero-order valence-corrected chi connectivity index (χ0v) is 16.3. The zero-order valence-electron chi connectivity index (χ0n) is 16.3. The molecule has 0 saturated carbocycles. The van der Waals surface area contributed by atoms with Crippen LogP contribution >= 0.6 is 0 Å². The second-order valence-corrected chi connectivity index (χ2v) is 7.67. The highest BCUT2D eigenvalue weighted by atomic mass is 16.6. The van der Waals surface area contributed by atoms with Crippen molar-refractivity contribution in [1.29, 1.82) is 0 Å². The normalized spacial score (nSPS) is 15.1. The van der Waals surface area contributed by atoms with Crippen molar-refractivity contribution < 1.29 is 9.53 Å². The van der Waals surface area contributed by atoms with E-state index in [9.17, 15) is 4.79 Å². The molecule has 146 valence electrons. The van der Waals surface area contributed by atoms with Crippen LogP contribution in [0.15, 0.2) is 72.8 Å². The van der Waals surface area contributed by atoms with Crippen LogP contribution in [0.2, 0.25) is 0 Å². The smallest absolute Gasteiger partial charge is 0.408 e. The van der Waals surface area contributed by atoms with Crippen molar-refractivity contribution >= 4 is 11.8 Å². The Balaban J connectivity index is 1.24. The Morgan fingerprint density at radius 1 is 0.862 bits per heavy atom. The molecule has 0 spiro atoms. The van der Waals surface area contributed by atoms with Crippen LogP contribution in [0, 0.1) is 0 Å². The molecule has 3 aromatic rings. The number of carbonyl (C=O) groups is 1. The number of nitrogens with one attached hydrogen (secondary N) is 1.